The van der Waals surface area contributed by atoms with Gasteiger partial charge in [-0.2, -0.15) is 0 Å². The Morgan fingerprint density at radius 3 is 1.73 bits per heavy atom. The van der Waals surface area contributed by atoms with Gasteiger partial charge in [0.2, 0.25) is 0 Å². The lowest BCUT2D eigenvalue weighted by molar-refractivity contribution is 0.438. The molecule has 11 rings (SSSR count). The van der Waals surface area contributed by atoms with Crippen LogP contribution in [0.4, 0.5) is 17.1 Å². The highest BCUT2D eigenvalue weighted by molar-refractivity contribution is 6.21. The number of fused-ring (bicyclic) bond motifs is 6. The summed E-state index contributed by atoms with van der Waals surface area (Å²) in [4.78, 5) is 2.48. The zero-order chi connectivity index (χ0) is 33.5. The van der Waals surface area contributed by atoms with E-state index < -0.39 is 0 Å². The zero-order valence-corrected chi connectivity index (χ0v) is 29.8. The second-order valence-corrected chi connectivity index (χ2v) is 16.2. The first-order valence-corrected chi connectivity index (χ1v) is 20.2. The molecule has 1 atom stereocenters. The molecule has 6 aromatic carbocycles. The number of para-hydroxylation sites is 2. The van der Waals surface area contributed by atoms with E-state index in [1.54, 1.807) is 50.1 Å². The van der Waals surface area contributed by atoms with Crippen LogP contribution in [0.15, 0.2) is 109 Å². The molecule has 0 N–H and O–H groups in total. The number of nitrogens with zero attached hydrogens (tertiary/aromatic N) is 1. The maximum absolute atomic E-state index is 2.55. The highest BCUT2D eigenvalue weighted by Gasteiger charge is 2.44. The van der Waals surface area contributed by atoms with Crippen molar-refractivity contribution >= 4 is 27.8 Å². The Morgan fingerprint density at radius 1 is 0.412 bits per heavy atom. The van der Waals surface area contributed by atoms with E-state index in [1.165, 1.54) is 122 Å². The van der Waals surface area contributed by atoms with Crippen molar-refractivity contribution in [3.05, 3.63) is 137 Å². The molecule has 51 heavy (non-hydrogen) atoms. The second-order valence-electron chi connectivity index (χ2n) is 16.2. The van der Waals surface area contributed by atoms with Gasteiger partial charge >= 0.3 is 0 Å². The molecule has 0 radical (unpaired) electrons. The Bertz CT molecular complexity index is 2260. The largest absolute Gasteiger partial charge is 0.310 e. The van der Waals surface area contributed by atoms with E-state index in [1.807, 2.05) is 0 Å². The number of hydrogen-bond acceptors (Lipinski definition) is 1. The molecule has 5 aliphatic carbocycles. The van der Waals surface area contributed by atoms with Crippen LogP contribution in [0.3, 0.4) is 0 Å². The van der Waals surface area contributed by atoms with Crippen LogP contribution in [-0.2, 0) is 6.42 Å². The summed E-state index contributed by atoms with van der Waals surface area (Å²) in [5, 5.41) is 2.86. The molecule has 6 aromatic rings. The number of hydrogen-bond donors (Lipinski definition) is 0. The van der Waals surface area contributed by atoms with E-state index in [0.717, 1.165) is 0 Å². The van der Waals surface area contributed by atoms with Crippen molar-refractivity contribution in [1.29, 1.82) is 0 Å². The van der Waals surface area contributed by atoms with Crippen molar-refractivity contribution in [3.63, 3.8) is 0 Å². The summed E-state index contributed by atoms with van der Waals surface area (Å²) < 4.78 is 0. The van der Waals surface area contributed by atoms with Crippen LogP contribution in [0.25, 0.3) is 44.2 Å². The molecule has 5 aliphatic rings. The summed E-state index contributed by atoms with van der Waals surface area (Å²) in [7, 11) is 0. The predicted octanol–water partition coefficient (Wildman–Crippen LogP) is 14.5. The molecule has 2 saturated carbocycles. The van der Waals surface area contributed by atoms with Crippen molar-refractivity contribution in [2.45, 2.75) is 101 Å². The van der Waals surface area contributed by atoms with Crippen molar-refractivity contribution < 1.29 is 0 Å². The van der Waals surface area contributed by atoms with Crippen LogP contribution in [0.1, 0.15) is 123 Å². The van der Waals surface area contributed by atoms with Gasteiger partial charge in [0.1, 0.15) is 0 Å². The minimum atomic E-state index is 0.564. The molecule has 0 saturated heterocycles. The minimum Gasteiger partial charge on any atom is -0.310 e. The van der Waals surface area contributed by atoms with E-state index >= 15 is 0 Å². The third-order valence-electron chi connectivity index (χ3n) is 13.6. The van der Waals surface area contributed by atoms with Crippen LogP contribution in [0.5, 0.6) is 0 Å². The maximum Gasteiger partial charge on any atom is 0.0540 e. The normalized spacial score (nSPS) is 19.2. The smallest absolute Gasteiger partial charge is 0.0540 e. The molecule has 0 heterocycles. The van der Waals surface area contributed by atoms with E-state index in [9.17, 15) is 0 Å². The van der Waals surface area contributed by atoms with E-state index in [4.69, 9.17) is 0 Å². The van der Waals surface area contributed by atoms with Gasteiger partial charge in [0.15, 0.2) is 0 Å². The van der Waals surface area contributed by atoms with Crippen LogP contribution in [0, 0.1) is 0 Å². The van der Waals surface area contributed by atoms with Gasteiger partial charge in [-0.3, -0.25) is 0 Å². The third kappa shape index (κ3) is 4.46. The lowest BCUT2D eigenvalue weighted by Gasteiger charge is -2.34. The van der Waals surface area contributed by atoms with Gasteiger partial charge in [0.05, 0.1) is 5.69 Å². The van der Waals surface area contributed by atoms with Crippen molar-refractivity contribution in [3.8, 4) is 33.4 Å². The molecule has 2 fully saturated rings. The SMILES string of the molecule is c1ccc(N(c2ccccc2)c2ccc3c4c(cccc24)-c2c-3c(C3CCCCC3)c3c(c2C2CCCCC2)-c2cccc4c2C3CCC4)cc1. The van der Waals surface area contributed by atoms with E-state index in [2.05, 4.69) is 114 Å². The average molecular weight is 662 g/mol. The lowest BCUT2D eigenvalue weighted by atomic mass is 9.70. The monoisotopic (exact) mass is 661 g/mol. The molecular weight excluding hydrogens is 615 g/mol. The first-order valence-electron chi connectivity index (χ1n) is 20.2. The Balaban J connectivity index is 1.25. The second kappa shape index (κ2) is 12.0. The average Bonchev–Trinajstić information content (AvgIpc) is 3.71. The topological polar surface area (TPSA) is 3.24 Å². The summed E-state index contributed by atoms with van der Waals surface area (Å²) in [5.41, 5.74) is 21.9. The molecule has 0 aliphatic heterocycles. The summed E-state index contributed by atoms with van der Waals surface area (Å²) in [6.07, 6.45) is 17.4. The van der Waals surface area contributed by atoms with Crippen molar-refractivity contribution in [2.75, 3.05) is 4.90 Å². The highest BCUT2D eigenvalue weighted by Crippen LogP contribution is 2.65. The van der Waals surface area contributed by atoms with Gasteiger partial charge in [-0.25, -0.2) is 0 Å². The van der Waals surface area contributed by atoms with E-state index in [0.29, 0.717) is 17.8 Å². The molecule has 1 unspecified atom stereocenters. The fourth-order valence-electron chi connectivity index (χ4n) is 11.6. The standard InChI is InChI=1S/C50H47N/c1-5-16-33(17-6-1)44-47-38-27-13-20-32-21-14-28-39(43(32)38)48(47)45(34-18-7-2-8-19-34)50-41-30-31-42(37-26-15-29-40(46(37)41)49(44)50)51(35-22-9-3-10-23-35)36-24-11-4-12-25-36/h3-4,9-13,15,20,22-27,29-31,33-34,39H,1-2,5-8,14,16-19,21,28H2. The van der Waals surface area contributed by atoms with Crippen LogP contribution in [0.2, 0.25) is 0 Å². The van der Waals surface area contributed by atoms with Gasteiger partial charge in [-0.1, -0.05) is 117 Å². The summed E-state index contributed by atoms with van der Waals surface area (Å²) >= 11 is 0. The fourth-order valence-corrected chi connectivity index (χ4v) is 11.6. The first kappa shape index (κ1) is 30.0. The van der Waals surface area contributed by atoms with Gasteiger partial charge in [0, 0.05) is 22.7 Å². The van der Waals surface area contributed by atoms with Crippen LogP contribution >= 0.6 is 0 Å². The Kier molecular flexibility index (Phi) is 7.06. The molecule has 0 aromatic heterocycles. The first-order chi connectivity index (χ1) is 25.4. The van der Waals surface area contributed by atoms with Gasteiger partial charge in [-0.05, 0) is 154 Å². The van der Waals surface area contributed by atoms with Crippen LogP contribution < -0.4 is 4.90 Å². The number of benzene rings is 6. The summed E-state index contributed by atoms with van der Waals surface area (Å²) in [5.74, 6) is 1.84. The van der Waals surface area contributed by atoms with Gasteiger partial charge in [-0.15, -0.1) is 0 Å². The Labute approximate surface area is 303 Å². The van der Waals surface area contributed by atoms with E-state index in [-0.39, 0.29) is 0 Å². The Hall–Kier alpha value is -4.62. The van der Waals surface area contributed by atoms with Crippen molar-refractivity contribution in [2.24, 2.45) is 0 Å². The van der Waals surface area contributed by atoms with Crippen LogP contribution in [-0.4, -0.2) is 0 Å². The number of aryl methyl sites for hydroxylation is 1. The molecule has 0 amide bonds. The van der Waals surface area contributed by atoms with Crippen molar-refractivity contribution in [1.82, 2.24) is 0 Å². The fraction of sp³-hybridized carbons (Fsp3) is 0.320. The lowest BCUT2D eigenvalue weighted by Crippen LogP contribution is -2.16. The molecule has 252 valence electrons. The number of rotatable bonds is 5. The number of anilines is 3. The third-order valence-corrected chi connectivity index (χ3v) is 13.6. The van der Waals surface area contributed by atoms with Gasteiger partial charge < -0.3 is 4.90 Å². The zero-order valence-electron chi connectivity index (χ0n) is 29.8. The molecule has 1 nitrogen and oxygen atoms in total. The molecule has 0 bridgehead atoms. The molecule has 1 heteroatoms. The highest BCUT2D eigenvalue weighted by atomic mass is 15.1. The molecule has 0 spiro atoms. The maximum atomic E-state index is 2.55. The summed E-state index contributed by atoms with van der Waals surface area (Å²) in [6, 6.07) is 41.7. The quantitative estimate of drug-likeness (QED) is 0.177. The predicted molar refractivity (Wildman–Crippen MR) is 215 cm³/mol. The summed E-state index contributed by atoms with van der Waals surface area (Å²) in [6.45, 7) is 0. The van der Waals surface area contributed by atoms with Gasteiger partial charge in [0.25, 0.3) is 0 Å². The minimum absolute atomic E-state index is 0.564. The Morgan fingerprint density at radius 2 is 1.02 bits per heavy atom. The molecular formula is C50H47N.